The molecule has 0 saturated heterocycles. The van der Waals surface area contributed by atoms with Gasteiger partial charge in [-0.05, 0) is 43.2 Å². The highest BCUT2D eigenvalue weighted by molar-refractivity contribution is 5.39. The van der Waals surface area contributed by atoms with Crippen LogP contribution in [0, 0.1) is 0 Å². The van der Waals surface area contributed by atoms with Gasteiger partial charge in [0, 0.05) is 29.4 Å². The van der Waals surface area contributed by atoms with Gasteiger partial charge in [0.1, 0.15) is 5.82 Å². The van der Waals surface area contributed by atoms with Gasteiger partial charge in [0.15, 0.2) is 0 Å². The Labute approximate surface area is 119 Å². The molecule has 102 valence electrons. The molecule has 0 amide bonds. The summed E-state index contributed by atoms with van der Waals surface area (Å²) in [6.07, 6.45) is 7.49. The third-order valence-electron chi connectivity index (χ3n) is 4.69. The van der Waals surface area contributed by atoms with Crippen LogP contribution in [0.1, 0.15) is 59.4 Å². The zero-order chi connectivity index (χ0) is 13.5. The fraction of sp³-hybridized carbons (Fsp3) is 0.412. The number of nitrogens with zero attached hydrogens (tertiary/aromatic N) is 2. The van der Waals surface area contributed by atoms with E-state index in [4.69, 9.17) is 10.7 Å². The van der Waals surface area contributed by atoms with Gasteiger partial charge in [0.2, 0.25) is 0 Å². The van der Waals surface area contributed by atoms with Crippen LogP contribution in [-0.4, -0.2) is 9.97 Å². The first-order valence-electron chi connectivity index (χ1n) is 7.52. The van der Waals surface area contributed by atoms with Crippen LogP contribution in [-0.2, 0) is 12.8 Å². The van der Waals surface area contributed by atoms with Crippen molar-refractivity contribution in [1.82, 2.24) is 9.97 Å². The molecule has 0 aliphatic heterocycles. The van der Waals surface area contributed by atoms with Crippen molar-refractivity contribution in [2.75, 3.05) is 0 Å². The minimum atomic E-state index is 0.128. The maximum atomic E-state index is 6.15. The Morgan fingerprint density at radius 3 is 2.90 bits per heavy atom. The highest BCUT2D eigenvalue weighted by atomic mass is 14.9. The molecule has 3 heteroatoms. The average Bonchev–Trinajstić information content (AvgIpc) is 2.91. The summed E-state index contributed by atoms with van der Waals surface area (Å²) in [5.41, 5.74) is 11.3. The van der Waals surface area contributed by atoms with Crippen molar-refractivity contribution >= 4 is 0 Å². The molecule has 0 radical (unpaired) electrons. The van der Waals surface area contributed by atoms with Gasteiger partial charge in [-0.15, -0.1) is 0 Å². The van der Waals surface area contributed by atoms with Crippen LogP contribution in [0.5, 0.6) is 0 Å². The van der Waals surface area contributed by atoms with E-state index >= 15 is 0 Å². The fourth-order valence-electron chi connectivity index (χ4n) is 3.59. The molecule has 2 unspecified atom stereocenters. The quantitative estimate of drug-likeness (QED) is 0.862. The Bertz CT molecular complexity index is 650. The number of aromatic nitrogens is 2. The summed E-state index contributed by atoms with van der Waals surface area (Å²) in [7, 11) is 0. The van der Waals surface area contributed by atoms with Gasteiger partial charge < -0.3 is 5.73 Å². The third kappa shape index (κ3) is 1.85. The molecule has 0 bridgehead atoms. The van der Waals surface area contributed by atoms with Crippen LogP contribution in [0.15, 0.2) is 30.5 Å². The second-order valence-electron chi connectivity index (χ2n) is 5.92. The van der Waals surface area contributed by atoms with Crippen LogP contribution in [0.25, 0.3) is 0 Å². The van der Waals surface area contributed by atoms with Crippen molar-refractivity contribution < 1.29 is 0 Å². The number of nitrogens with two attached hydrogens (primary N) is 1. The Hall–Kier alpha value is -1.74. The minimum absolute atomic E-state index is 0.128. The maximum Gasteiger partial charge on any atom is 0.136 e. The minimum Gasteiger partial charge on any atom is -0.324 e. The van der Waals surface area contributed by atoms with Gasteiger partial charge in [-0.1, -0.05) is 24.3 Å². The first-order valence-corrected chi connectivity index (χ1v) is 7.52. The van der Waals surface area contributed by atoms with Crippen molar-refractivity contribution in [2.45, 2.75) is 44.1 Å². The first-order chi connectivity index (χ1) is 9.83. The van der Waals surface area contributed by atoms with Gasteiger partial charge in [-0.3, -0.25) is 0 Å². The first kappa shape index (κ1) is 12.0. The molecule has 4 rings (SSSR count). The molecular formula is C17H19N3. The molecule has 0 spiro atoms. The van der Waals surface area contributed by atoms with E-state index in [1.807, 2.05) is 6.20 Å². The largest absolute Gasteiger partial charge is 0.324 e. The average molecular weight is 265 g/mol. The molecule has 2 atom stereocenters. The molecule has 2 aromatic rings. The van der Waals surface area contributed by atoms with E-state index in [0.29, 0.717) is 5.92 Å². The predicted octanol–water partition coefficient (Wildman–Crippen LogP) is 2.89. The molecule has 0 fully saturated rings. The lowest BCUT2D eigenvalue weighted by Crippen LogP contribution is -2.20. The molecule has 2 aliphatic rings. The van der Waals surface area contributed by atoms with Crippen molar-refractivity contribution in [3.05, 3.63) is 58.7 Å². The van der Waals surface area contributed by atoms with Crippen molar-refractivity contribution in [1.29, 1.82) is 0 Å². The molecule has 3 nitrogen and oxygen atoms in total. The highest BCUT2D eigenvalue weighted by Gasteiger charge is 2.27. The molecular weight excluding hydrogens is 246 g/mol. The maximum absolute atomic E-state index is 6.15. The van der Waals surface area contributed by atoms with Crippen molar-refractivity contribution in [2.24, 2.45) is 5.73 Å². The van der Waals surface area contributed by atoms with Gasteiger partial charge in [-0.2, -0.15) is 0 Å². The Balaban J connectivity index is 1.74. The second kappa shape index (κ2) is 4.67. The molecule has 1 aromatic heterocycles. The summed E-state index contributed by atoms with van der Waals surface area (Å²) in [4.78, 5) is 9.49. The summed E-state index contributed by atoms with van der Waals surface area (Å²) in [6, 6.07) is 8.81. The molecule has 2 N–H and O–H groups in total. The summed E-state index contributed by atoms with van der Waals surface area (Å²) in [5, 5.41) is 0. The third-order valence-corrected chi connectivity index (χ3v) is 4.69. The zero-order valence-electron chi connectivity index (χ0n) is 11.5. The van der Waals surface area contributed by atoms with Crippen molar-refractivity contribution in [3.63, 3.8) is 0 Å². The van der Waals surface area contributed by atoms with E-state index in [2.05, 4.69) is 29.2 Å². The summed E-state index contributed by atoms with van der Waals surface area (Å²) in [5.74, 6) is 1.36. The van der Waals surface area contributed by atoms with E-state index in [1.54, 1.807) is 0 Å². The number of rotatable bonds is 1. The van der Waals surface area contributed by atoms with Gasteiger partial charge >= 0.3 is 0 Å². The van der Waals surface area contributed by atoms with E-state index in [1.165, 1.54) is 16.8 Å². The van der Waals surface area contributed by atoms with Crippen LogP contribution < -0.4 is 5.73 Å². The Kier molecular flexibility index (Phi) is 2.81. The van der Waals surface area contributed by atoms with E-state index in [-0.39, 0.29) is 6.04 Å². The van der Waals surface area contributed by atoms with Gasteiger partial charge in [-0.25, -0.2) is 9.97 Å². The van der Waals surface area contributed by atoms with Crippen molar-refractivity contribution in [3.8, 4) is 0 Å². The number of hydrogen-bond acceptors (Lipinski definition) is 3. The van der Waals surface area contributed by atoms with Gasteiger partial charge in [0.05, 0.1) is 0 Å². The topological polar surface area (TPSA) is 51.8 Å². The lowest BCUT2D eigenvalue weighted by atomic mass is 9.92. The molecule has 1 aromatic carbocycles. The SMILES string of the molecule is NC1CCCc2nc(C3CCc4ccccc43)ncc21. The summed E-state index contributed by atoms with van der Waals surface area (Å²) < 4.78 is 0. The monoisotopic (exact) mass is 265 g/mol. The standard InChI is InChI=1S/C17H19N3/c18-15-6-3-7-16-14(15)10-19-17(20-16)13-9-8-11-4-1-2-5-12(11)13/h1-2,4-5,10,13,15H,3,6-9,18H2. The van der Waals surface area contributed by atoms with Crippen LogP contribution in [0.2, 0.25) is 0 Å². The molecule has 1 heterocycles. The van der Waals surface area contributed by atoms with Crippen LogP contribution >= 0.6 is 0 Å². The lowest BCUT2D eigenvalue weighted by molar-refractivity contribution is 0.549. The summed E-state index contributed by atoms with van der Waals surface area (Å²) in [6.45, 7) is 0. The Morgan fingerprint density at radius 1 is 1.05 bits per heavy atom. The Morgan fingerprint density at radius 2 is 1.95 bits per heavy atom. The lowest BCUT2D eigenvalue weighted by Gasteiger charge is -2.22. The fourth-order valence-corrected chi connectivity index (χ4v) is 3.59. The zero-order valence-corrected chi connectivity index (χ0v) is 11.5. The number of fused-ring (bicyclic) bond motifs is 2. The van der Waals surface area contributed by atoms with Gasteiger partial charge in [0.25, 0.3) is 0 Å². The van der Waals surface area contributed by atoms with Crippen LogP contribution in [0.4, 0.5) is 0 Å². The number of aryl methyl sites for hydroxylation is 2. The second-order valence-corrected chi connectivity index (χ2v) is 5.92. The summed E-state index contributed by atoms with van der Waals surface area (Å²) >= 11 is 0. The van der Waals surface area contributed by atoms with E-state index in [9.17, 15) is 0 Å². The molecule has 2 aliphatic carbocycles. The smallest absolute Gasteiger partial charge is 0.136 e. The highest BCUT2D eigenvalue weighted by Crippen LogP contribution is 2.37. The van der Waals surface area contributed by atoms with E-state index < -0.39 is 0 Å². The normalized spacial score (nSPS) is 24.2. The van der Waals surface area contributed by atoms with Crippen LogP contribution in [0.3, 0.4) is 0 Å². The predicted molar refractivity (Wildman–Crippen MR) is 78.5 cm³/mol. The number of hydrogen-bond donors (Lipinski definition) is 1. The molecule has 20 heavy (non-hydrogen) atoms. The molecule has 0 saturated carbocycles. The number of benzene rings is 1. The van der Waals surface area contributed by atoms with E-state index in [0.717, 1.165) is 43.5 Å².